The van der Waals surface area contributed by atoms with Crippen LogP contribution < -0.4 is 5.73 Å². The summed E-state index contributed by atoms with van der Waals surface area (Å²) in [6, 6.07) is 0. The molecule has 1 rings (SSSR count). The van der Waals surface area contributed by atoms with E-state index in [1.165, 1.54) is 12.4 Å². The number of nitrogens with zero attached hydrogens (tertiary/aromatic N) is 2. The number of hydrogen-bond donors (Lipinski definition) is 2. The minimum Gasteiger partial charge on any atom is -0.505 e. The van der Waals surface area contributed by atoms with Gasteiger partial charge in [0.25, 0.3) is 0 Å². The lowest BCUT2D eigenvalue weighted by Crippen LogP contribution is -2.05. The van der Waals surface area contributed by atoms with Crippen molar-refractivity contribution in [1.82, 2.24) is 9.97 Å². The maximum Gasteiger partial charge on any atom is 0.152 e. The van der Waals surface area contributed by atoms with Crippen LogP contribution in [-0.2, 0) is 6.42 Å². The monoisotopic (exact) mass is 175 g/mol. The molecule has 0 bridgehead atoms. The van der Waals surface area contributed by atoms with Gasteiger partial charge in [0.2, 0.25) is 0 Å². The summed E-state index contributed by atoms with van der Waals surface area (Å²) in [5.74, 6) is 0.751. The lowest BCUT2D eigenvalue weighted by atomic mass is 10.4. The van der Waals surface area contributed by atoms with E-state index in [1.807, 2.05) is 0 Å². The Morgan fingerprint density at radius 3 is 2.36 bits per heavy atom. The van der Waals surface area contributed by atoms with Gasteiger partial charge in [0.1, 0.15) is 5.82 Å². The second-order valence-electron chi connectivity index (χ2n) is 1.90. The molecule has 1 aromatic rings. The van der Waals surface area contributed by atoms with E-state index in [4.69, 9.17) is 10.8 Å². The molecule has 1 aromatic heterocycles. The molecule has 0 amide bonds. The minimum atomic E-state index is 0. The summed E-state index contributed by atoms with van der Waals surface area (Å²) in [4.78, 5) is 7.65. The average molecular weight is 176 g/mol. The van der Waals surface area contributed by atoms with Crippen molar-refractivity contribution in [3.05, 3.63) is 18.2 Å². The standard InChI is InChI=1S/C6H9N3O.ClH/c7-2-1-6-8-3-5(10)4-9-6;/h3-4,10H,1-2,7H2;1H. The van der Waals surface area contributed by atoms with Crippen molar-refractivity contribution >= 4 is 12.4 Å². The molecule has 0 unspecified atom stereocenters. The Balaban J connectivity index is 0.000001000. The smallest absolute Gasteiger partial charge is 0.152 e. The van der Waals surface area contributed by atoms with E-state index < -0.39 is 0 Å². The Kier molecular flexibility index (Phi) is 4.49. The van der Waals surface area contributed by atoms with Crippen LogP contribution in [0.2, 0.25) is 0 Å². The zero-order valence-electron chi connectivity index (χ0n) is 5.90. The molecule has 0 aliphatic heterocycles. The van der Waals surface area contributed by atoms with Crippen molar-refractivity contribution in [3.8, 4) is 5.75 Å². The van der Waals surface area contributed by atoms with Crippen LogP contribution in [0.4, 0.5) is 0 Å². The van der Waals surface area contributed by atoms with Gasteiger partial charge in [-0.25, -0.2) is 9.97 Å². The van der Waals surface area contributed by atoms with Crippen LogP contribution in [0.1, 0.15) is 5.82 Å². The predicted octanol–water partition coefficient (Wildman–Crippen LogP) is 0.105. The van der Waals surface area contributed by atoms with Gasteiger partial charge in [-0.1, -0.05) is 0 Å². The maximum absolute atomic E-state index is 8.77. The summed E-state index contributed by atoms with van der Waals surface area (Å²) in [5, 5.41) is 8.77. The molecule has 0 aromatic carbocycles. The molecule has 0 aliphatic carbocycles. The number of nitrogens with two attached hydrogens (primary N) is 1. The lowest BCUT2D eigenvalue weighted by molar-refractivity contribution is 0.468. The fraction of sp³-hybridized carbons (Fsp3) is 0.333. The molecule has 0 aliphatic rings. The van der Waals surface area contributed by atoms with Gasteiger partial charge in [-0.2, -0.15) is 0 Å². The van der Waals surface area contributed by atoms with Gasteiger partial charge in [0.05, 0.1) is 12.4 Å². The Hall–Kier alpha value is -0.870. The molecule has 0 atom stereocenters. The second-order valence-corrected chi connectivity index (χ2v) is 1.90. The van der Waals surface area contributed by atoms with Crippen molar-refractivity contribution in [2.24, 2.45) is 5.73 Å². The van der Waals surface area contributed by atoms with E-state index in [1.54, 1.807) is 0 Å². The van der Waals surface area contributed by atoms with Crippen molar-refractivity contribution in [3.63, 3.8) is 0 Å². The van der Waals surface area contributed by atoms with Gasteiger partial charge in [-0.3, -0.25) is 0 Å². The molecule has 0 saturated carbocycles. The van der Waals surface area contributed by atoms with Crippen molar-refractivity contribution in [2.75, 3.05) is 6.54 Å². The Morgan fingerprint density at radius 1 is 1.36 bits per heavy atom. The van der Waals surface area contributed by atoms with E-state index in [0.717, 1.165) is 0 Å². The largest absolute Gasteiger partial charge is 0.505 e. The molecule has 0 radical (unpaired) electrons. The van der Waals surface area contributed by atoms with Crippen molar-refractivity contribution < 1.29 is 5.11 Å². The first-order valence-corrected chi connectivity index (χ1v) is 3.03. The molecule has 4 nitrogen and oxygen atoms in total. The summed E-state index contributed by atoms with van der Waals surface area (Å²) in [6.45, 7) is 0.533. The zero-order chi connectivity index (χ0) is 7.40. The van der Waals surface area contributed by atoms with E-state index in [-0.39, 0.29) is 18.2 Å². The van der Waals surface area contributed by atoms with Crippen LogP contribution in [0, 0.1) is 0 Å². The third-order valence-electron chi connectivity index (χ3n) is 1.06. The Bertz CT molecular complexity index is 201. The van der Waals surface area contributed by atoms with Crippen LogP contribution in [0.15, 0.2) is 12.4 Å². The van der Waals surface area contributed by atoms with E-state index >= 15 is 0 Å². The normalized spacial score (nSPS) is 8.82. The summed E-state index contributed by atoms with van der Waals surface area (Å²) in [5.41, 5.74) is 5.26. The van der Waals surface area contributed by atoms with Crippen LogP contribution in [0.25, 0.3) is 0 Å². The number of halogens is 1. The van der Waals surface area contributed by atoms with Gasteiger partial charge in [0.15, 0.2) is 5.75 Å². The van der Waals surface area contributed by atoms with E-state index in [0.29, 0.717) is 18.8 Å². The number of aromatic hydroxyl groups is 1. The molecule has 62 valence electrons. The average Bonchev–Trinajstić information content (AvgIpc) is 1.95. The zero-order valence-corrected chi connectivity index (χ0v) is 6.71. The quantitative estimate of drug-likeness (QED) is 0.669. The van der Waals surface area contributed by atoms with E-state index in [2.05, 4.69) is 9.97 Å². The molecule has 0 saturated heterocycles. The molecule has 5 heteroatoms. The first-order chi connectivity index (χ1) is 4.83. The van der Waals surface area contributed by atoms with Gasteiger partial charge in [0, 0.05) is 6.42 Å². The highest BCUT2D eigenvalue weighted by atomic mass is 35.5. The van der Waals surface area contributed by atoms with Gasteiger partial charge < -0.3 is 10.8 Å². The van der Waals surface area contributed by atoms with Crippen LogP contribution >= 0.6 is 12.4 Å². The topological polar surface area (TPSA) is 72.0 Å². The molecule has 3 N–H and O–H groups in total. The molecule has 0 fully saturated rings. The lowest BCUT2D eigenvalue weighted by Gasteiger charge is -1.94. The number of aromatic nitrogens is 2. The first-order valence-electron chi connectivity index (χ1n) is 3.03. The van der Waals surface area contributed by atoms with Crippen molar-refractivity contribution in [2.45, 2.75) is 6.42 Å². The highest BCUT2D eigenvalue weighted by Gasteiger charge is 1.92. The Labute approximate surface area is 70.9 Å². The van der Waals surface area contributed by atoms with Gasteiger partial charge in [-0.15, -0.1) is 12.4 Å². The summed E-state index contributed by atoms with van der Waals surface area (Å²) < 4.78 is 0. The highest BCUT2D eigenvalue weighted by Crippen LogP contribution is 2.01. The molecule has 1 heterocycles. The number of rotatable bonds is 2. The maximum atomic E-state index is 8.77. The van der Waals surface area contributed by atoms with E-state index in [9.17, 15) is 0 Å². The molecular formula is C6H10ClN3O. The first kappa shape index (κ1) is 10.1. The van der Waals surface area contributed by atoms with Crippen LogP contribution in [0.3, 0.4) is 0 Å². The van der Waals surface area contributed by atoms with Crippen LogP contribution in [0.5, 0.6) is 5.75 Å². The predicted molar refractivity (Wildman–Crippen MR) is 43.7 cm³/mol. The fourth-order valence-electron chi connectivity index (χ4n) is 0.606. The third-order valence-corrected chi connectivity index (χ3v) is 1.06. The second kappa shape index (κ2) is 4.87. The summed E-state index contributed by atoms with van der Waals surface area (Å²) in [6.07, 6.45) is 3.37. The third kappa shape index (κ3) is 3.15. The highest BCUT2D eigenvalue weighted by molar-refractivity contribution is 5.85. The molecular weight excluding hydrogens is 166 g/mol. The summed E-state index contributed by atoms with van der Waals surface area (Å²) in [7, 11) is 0. The minimum absolute atomic E-state index is 0. The summed E-state index contributed by atoms with van der Waals surface area (Å²) >= 11 is 0. The molecule has 0 spiro atoms. The fourth-order valence-corrected chi connectivity index (χ4v) is 0.606. The van der Waals surface area contributed by atoms with Crippen LogP contribution in [-0.4, -0.2) is 21.6 Å². The number of hydrogen-bond acceptors (Lipinski definition) is 4. The Morgan fingerprint density at radius 2 is 1.91 bits per heavy atom. The van der Waals surface area contributed by atoms with Crippen molar-refractivity contribution in [1.29, 1.82) is 0 Å². The van der Waals surface area contributed by atoms with Gasteiger partial charge in [-0.05, 0) is 6.54 Å². The molecule has 11 heavy (non-hydrogen) atoms. The SMILES string of the molecule is Cl.NCCc1ncc(O)cn1. The van der Waals surface area contributed by atoms with Gasteiger partial charge >= 0.3 is 0 Å².